The van der Waals surface area contributed by atoms with Gasteiger partial charge in [0, 0.05) is 0 Å². The van der Waals surface area contributed by atoms with Crippen LogP contribution in [-0.4, -0.2) is 0 Å². The van der Waals surface area contributed by atoms with Gasteiger partial charge in [-0.1, -0.05) is 0 Å². The van der Waals surface area contributed by atoms with Crippen molar-refractivity contribution >= 4 is 0 Å². The van der Waals surface area contributed by atoms with E-state index < -0.39 is 22.9 Å². The normalized spacial score (nSPS) is 32.6. The van der Waals surface area contributed by atoms with E-state index in [4.69, 9.17) is 0 Å². The topological polar surface area (TPSA) is 0 Å². The summed E-state index contributed by atoms with van der Waals surface area (Å²) >= 11 is -0.887. The second-order valence-corrected chi connectivity index (χ2v) is 12.9. The van der Waals surface area contributed by atoms with Gasteiger partial charge in [0.25, 0.3) is 0 Å². The second kappa shape index (κ2) is 6.08. The zero-order valence-corrected chi connectivity index (χ0v) is 16.4. The van der Waals surface area contributed by atoms with Crippen molar-refractivity contribution < 1.29 is 22.9 Å². The van der Waals surface area contributed by atoms with Crippen molar-refractivity contribution in [2.75, 3.05) is 0 Å². The summed E-state index contributed by atoms with van der Waals surface area (Å²) in [5.74, 6) is 0. The van der Waals surface area contributed by atoms with E-state index in [0.717, 1.165) is 0 Å². The molecule has 19 heavy (non-hydrogen) atoms. The van der Waals surface area contributed by atoms with Gasteiger partial charge < -0.3 is 0 Å². The van der Waals surface area contributed by atoms with Gasteiger partial charge in [-0.3, -0.25) is 0 Å². The maximum absolute atomic E-state index is 2.55. The fraction of sp³-hybridized carbons (Fsp3) is 0.556. The summed E-state index contributed by atoms with van der Waals surface area (Å²) in [6.45, 7) is 9.44. The minimum absolute atomic E-state index is 0.494. The van der Waals surface area contributed by atoms with Gasteiger partial charge in [0.05, 0.1) is 0 Å². The van der Waals surface area contributed by atoms with Gasteiger partial charge in [0.2, 0.25) is 0 Å². The average molecular weight is 421 g/mol. The van der Waals surface area contributed by atoms with E-state index in [2.05, 4.69) is 64.2 Å². The Kier molecular flexibility index (Phi) is 4.87. The molecule has 0 N–H and O–H groups in total. The van der Waals surface area contributed by atoms with E-state index >= 15 is 0 Å². The molecule has 2 unspecified atom stereocenters. The van der Waals surface area contributed by atoms with Crippen LogP contribution in [0.15, 0.2) is 47.6 Å². The van der Waals surface area contributed by atoms with E-state index in [9.17, 15) is 0 Å². The molecule has 0 aromatic carbocycles. The quantitative estimate of drug-likeness (QED) is 0.461. The Morgan fingerprint density at radius 3 is 1.53 bits per heavy atom. The van der Waals surface area contributed by atoms with Gasteiger partial charge >= 0.3 is 130 Å². The first-order chi connectivity index (χ1) is 9.16. The summed E-state index contributed by atoms with van der Waals surface area (Å²) in [5.41, 5.74) is 3.42. The minimum atomic E-state index is -0.887. The molecule has 0 aromatic rings. The molecule has 0 amide bonds. The van der Waals surface area contributed by atoms with Crippen LogP contribution < -0.4 is 0 Å². The fourth-order valence-electron chi connectivity index (χ4n) is 3.54. The van der Waals surface area contributed by atoms with Crippen LogP contribution in [0.3, 0.4) is 0 Å². The van der Waals surface area contributed by atoms with Crippen LogP contribution in [-0.2, 0) is 22.9 Å². The zero-order valence-electron chi connectivity index (χ0n) is 12.8. The van der Waals surface area contributed by atoms with Gasteiger partial charge in [-0.25, -0.2) is 0 Å². The Bertz CT molecular complexity index is 410. The van der Waals surface area contributed by atoms with Crippen molar-refractivity contribution in [1.82, 2.24) is 0 Å². The molecule has 0 bridgehead atoms. The van der Waals surface area contributed by atoms with Gasteiger partial charge in [0.1, 0.15) is 0 Å². The van der Waals surface area contributed by atoms with E-state index in [1.807, 2.05) is 0 Å². The van der Waals surface area contributed by atoms with E-state index in [1.165, 1.54) is 25.7 Å². The molecule has 0 spiro atoms. The first-order valence-corrected chi connectivity index (χ1v) is 11.3. The molecular formula is C18H26Hf. The van der Waals surface area contributed by atoms with Crippen molar-refractivity contribution in [2.45, 2.75) is 59.7 Å². The summed E-state index contributed by atoms with van der Waals surface area (Å²) < 4.78 is 0.987. The van der Waals surface area contributed by atoms with Crippen LogP contribution in [0.25, 0.3) is 0 Å². The Hall–Kier alpha value is -0.170. The predicted molar refractivity (Wildman–Crippen MR) is 81.0 cm³/mol. The average Bonchev–Trinajstić information content (AvgIpc) is 3.03. The van der Waals surface area contributed by atoms with E-state index in [1.54, 1.807) is 11.1 Å². The standard InChI is InChI=1S/2C9H13.Hf/c2*1-3-8-6-5-7-9(8)4-2;/h2*5-7H,3-4H2,1-2H3;. The maximum atomic E-state index is 2.55. The first kappa shape index (κ1) is 15.2. The van der Waals surface area contributed by atoms with Gasteiger partial charge in [-0.2, -0.15) is 0 Å². The summed E-state index contributed by atoms with van der Waals surface area (Å²) in [5, 5.41) is 0. The second-order valence-electron chi connectivity index (χ2n) is 5.58. The molecular weight excluding hydrogens is 395 g/mol. The zero-order chi connectivity index (χ0) is 13.9. The number of hydrogen-bond acceptors (Lipinski definition) is 0. The van der Waals surface area contributed by atoms with Crippen molar-refractivity contribution in [1.29, 1.82) is 0 Å². The molecule has 0 aliphatic heterocycles. The van der Waals surface area contributed by atoms with Crippen molar-refractivity contribution in [2.24, 2.45) is 0 Å². The van der Waals surface area contributed by atoms with Crippen LogP contribution in [0, 0.1) is 0 Å². The Balaban J connectivity index is 2.33. The molecule has 0 nitrogen and oxygen atoms in total. The molecule has 0 saturated carbocycles. The molecule has 0 aromatic heterocycles. The van der Waals surface area contributed by atoms with E-state index in [-0.39, 0.29) is 0 Å². The number of allylic oxidation sites excluding steroid dienone is 8. The summed E-state index contributed by atoms with van der Waals surface area (Å²) in [6, 6.07) is 0. The third-order valence-corrected chi connectivity index (χ3v) is 14.1. The van der Waals surface area contributed by atoms with Gasteiger partial charge in [-0.15, -0.1) is 0 Å². The number of rotatable bonds is 6. The van der Waals surface area contributed by atoms with Crippen molar-refractivity contribution in [3.05, 3.63) is 47.6 Å². The molecule has 0 saturated heterocycles. The third-order valence-electron chi connectivity index (χ3n) is 4.83. The van der Waals surface area contributed by atoms with Crippen LogP contribution in [0.1, 0.15) is 53.4 Å². The summed E-state index contributed by atoms with van der Waals surface area (Å²) in [6.07, 6.45) is 19.6. The number of hydrogen-bond donors (Lipinski definition) is 0. The predicted octanol–water partition coefficient (Wildman–Crippen LogP) is 6.02. The Morgan fingerprint density at radius 1 is 0.789 bits per heavy atom. The molecule has 0 radical (unpaired) electrons. The molecule has 2 aliphatic carbocycles. The molecule has 2 rings (SSSR count). The molecule has 2 atom stereocenters. The fourth-order valence-corrected chi connectivity index (χ4v) is 12.0. The molecule has 102 valence electrons. The van der Waals surface area contributed by atoms with E-state index in [0.29, 0.717) is 6.34 Å². The van der Waals surface area contributed by atoms with Crippen molar-refractivity contribution in [3.8, 4) is 0 Å². The molecule has 0 fully saturated rings. The van der Waals surface area contributed by atoms with Crippen molar-refractivity contribution in [3.63, 3.8) is 0 Å². The van der Waals surface area contributed by atoms with Crippen LogP contribution in [0.4, 0.5) is 0 Å². The monoisotopic (exact) mass is 422 g/mol. The molecule has 2 aliphatic rings. The van der Waals surface area contributed by atoms with Crippen LogP contribution in [0.2, 0.25) is 6.34 Å². The first-order valence-electron chi connectivity index (χ1n) is 7.73. The summed E-state index contributed by atoms with van der Waals surface area (Å²) in [7, 11) is 0. The van der Waals surface area contributed by atoms with Gasteiger partial charge in [0.15, 0.2) is 0 Å². The Morgan fingerprint density at radius 2 is 1.21 bits per heavy atom. The van der Waals surface area contributed by atoms with Crippen LogP contribution >= 0.6 is 0 Å². The molecule has 1 heteroatoms. The third kappa shape index (κ3) is 2.55. The molecule has 0 heterocycles. The van der Waals surface area contributed by atoms with Gasteiger partial charge in [-0.05, 0) is 0 Å². The summed E-state index contributed by atoms with van der Waals surface area (Å²) in [4.78, 5) is 0. The van der Waals surface area contributed by atoms with Crippen LogP contribution in [0.5, 0.6) is 0 Å². The SMILES string of the molecule is CCC1=CC=C[C]1(CC)[Hf][C]1(CC)C=CC=C1CC. The Labute approximate surface area is 130 Å².